The summed E-state index contributed by atoms with van der Waals surface area (Å²) < 4.78 is 16.2. The minimum Gasteiger partial charge on any atom is -0.425 e. The van der Waals surface area contributed by atoms with E-state index in [1.807, 2.05) is 60.7 Å². The average molecular weight is 445 g/mol. The van der Waals surface area contributed by atoms with Crippen molar-refractivity contribution in [1.82, 2.24) is 0 Å². The number of cyclic esters (lactones) is 2. The summed E-state index contributed by atoms with van der Waals surface area (Å²) >= 11 is 0. The van der Waals surface area contributed by atoms with Crippen molar-refractivity contribution in [3.8, 4) is 0 Å². The van der Waals surface area contributed by atoms with Crippen molar-refractivity contribution in [2.24, 2.45) is 0 Å². The van der Waals surface area contributed by atoms with Crippen LogP contribution in [0.4, 0.5) is 4.79 Å². The van der Waals surface area contributed by atoms with E-state index in [1.165, 1.54) is 0 Å². The van der Waals surface area contributed by atoms with Crippen LogP contribution < -0.4 is 10.4 Å². The molecule has 4 atom stereocenters. The van der Waals surface area contributed by atoms with Crippen LogP contribution in [0.25, 0.3) is 0 Å². The van der Waals surface area contributed by atoms with E-state index in [4.69, 9.17) is 9.16 Å². The third-order valence-electron chi connectivity index (χ3n) is 5.54. The van der Waals surface area contributed by atoms with Gasteiger partial charge >= 0.3 is 6.16 Å². The first-order valence-corrected chi connectivity index (χ1v) is 12.0. The largest absolute Gasteiger partial charge is 0.509 e. The predicted octanol–water partition coefficient (Wildman–Crippen LogP) is 1.39. The monoisotopic (exact) mass is 444 g/mol. The molecule has 0 bridgehead atoms. The van der Waals surface area contributed by atoms with Crippen molar-refractivity contribution in [3.63, 3.8) is 0 Å². The standard InChI is InChI=1S/C23H28O7Si/c1-23(2,3)31(16-10-6-4-7-11-16,17-12-8-5-9-13-17)28-15-18(25)21-20(26)19(14-24)29-22(27)30-21/h4-14,18-21,25-26H,15H2,1-3H3. The highest BCUT2D eigenvalue weighted by Crippen LogP contribution is 2.37. The van der Waals surface area contributed by atoms with Crippen LogP contribution in [0.15, 0.2) is 60.7 Å². The van der Waals surface area contributed by atoms with Crippen LogP contribution in [0, 0.1) is 0 Å². The number of carbonyl (C=O) groups is 2. The summed E-state index contributed by atoms with van der Waals surface area (Å²) in [6, 6.07) is 19.7. The Morgan fingerprint density at radius 2 is 1.55 bits per heavy atom. The molecular weight excluding hydrogens is 416 g/mol. The van der Waals surface area contributed by atoms with Gasteiger partial charge in [0, 0.05) is 0 Å². The number of aliphatic hydroxyl groups is 2. The SMILES string of the molecule is CC(C)(C)[Si](OCC(O)C1OC(=O)OC(C=O)C1O)(c1ccccc1)c1ccccc1. The molecule has 7 nitrogen and oxygen atoms in total. The van der Waals surface area contributed by atoms with Gasteiger partial charge in [0.15, 0.2) is 18.5 Å². The summed E-state index contributed by atoms with van der Waals surface area (Å²) in [4.78, 5) is 22.7. The van der Waals surface area contributed by atoms with Crippen LogP contribution in [0.3, 0.4) is 0 Å². The summed E-state index contributed by atoms with van der Waals surface area (Å²) in [6.07, 6.45) is -6.38. The second-order valence-corrected chi connectivity index (χ2v) is 12.9. The van der Waals surface area contributed by atoms with E-state index >= 15 is 0 Å². The quantitative estimate of drug-likeness (QED) is 0.378. The minimum atomic E-state index is -2.92. The fourth-order valence-electron chi connectivity index (χ4n) is 4.06. The highest BCUT2D eigenvalue weighted by molar-refractivity contribution is 6.99. The topological polar surface area (TPSA) is 102 Å². The first kappa shape index (κ1) is 23.1. The number of rotatable bonds is 7. The maximum absolute atomic E-state index is 11.6. The van der Waals surface area contributed by atoms with Crippen LogP contribution >= 0.6 is 0 Å². The van der Waals surface area contributed by atoms with Gasteiger partial charge < -0.3 is 24.1 Å². The molecule has 2 N–H and O–H groups in total. The van der Waals surface area contributed by atoms with E-state index in [-0.39, 0.29) is 11.6 Å². The maximum Gasteiger partial charge on any atom is 0.509 e. The van der Waals surface area contributed by atoms with Gasteiger partial charge in [-0.05, 0) is 15.4 Å². The molecule has 166 valence electrons. The molecule has 0 aromatic heterocycles. The molecule has 0 aliphatic carbocycles. The molecule has 2 aromatic rings. The lowest BCUT2D eigenvalue weighted by molar-refractivity contribution is -0.172. The Kier molecular flexibility index (Phi) is 6.95. The fourth-order valence-corrected chi connectivity index (χ4v) is 8.63. The van der Waals surface area contributed by atoms with Crippen molar-refractivity contribution >= 4 is 31.1 Å². The molecule has 1 heterocycles. The van der Waals surface area contributed by atoms with E-state index in [0.29, 0.717) is 6.29 Å². The Balaban J connectivity index is 1.96. The van der Waals surface area contributed by atoms with E-state index in [0.717, 1.165) is 10.4 Å². The van der Waals surface area contributed by atoms with Crippen LogP contribution in [0.5, 0.6) is 0 Å². The highest BCUT2D eigenvalue weighted by atomic mass is 28.4. The van der Waals surface area contributed by atoms with Crippen molar-refractivity contribution < 1.29 is 33.7 Å². The molecule has 0 saturated carbocycles. The smallest absolute Gasteiger partial charge is 0.425 e. The zero-order valence-corrected chi connectivity index (χ0v) is 18.8. The van der Waals surface area contributed by atoms with Gasteiger partial charge in [0.05, 0.1) is 6.61 Å². The molecule has 8 heteroatoms. The number of aldehydes is 1. The van der Waals surface area contributed by atoms with Gasteiger partial charge in [-0.3, -0.25) is 4.79 Å². The Bertz CT molecular complexity index is 842. The summed E-state index contributed by atoms with van der Waals surface area (Å²) in [5.41, 5.74) is 0. The van der Waals surface area contributed by atoms with Crippen LogP contribution in [-0.4, -0.2) is 62.0 Å². The molecule has 31 heavy (non-hydrogen) atoms. The number of ether oxygens (including phenoxy) is 2. The van der Waals surface area contributed by atoms with Gasteiger partial charge in [0.25, 0.3) is 8.32 Å². The fraction of sp³-hybridized carbons (Fsp3) is 0.391. The van der Waals surface area contributed by atoms with Crippen molar-refractivity contribution in [1.29, 1.82) is 0 Å². The van der Waals surface area contributed by atoms with E-state index in [9.17, 15) is 19.8 Å². The molecule has 0 radical (unpaired) electrons. The predicted molar refractivity (Wildman–Crippen MR) is 117 cm³/mol. The second kappa shape index (κ2) is 9.31. The number of hydrogen-bond donors (Lipinski definition) is 2. The number of carbonyl (C=O) groups excluding carboxylic acids is 2. The van der Waals surface area contributed by atoms with Gasteiger partial charge in [0.2, 0.25) is 0 Å². The zero-order valence-electron chi connectivity index (χ0n) is 17.8. The lowest BCUT2D eigenvalue weighted by Crippen LogP contribution is -2.67. The van der Waals surface area contributed by atoms with Crippen LogP contribution in [0.2, 0.25) is 5.04 Å². The molecule has 0 spiro atoms. The average Bonchev–Trinajstić information content (AvgIpc) is 2.76. The van der Waals surface area contributed by atoms with E-state index in [2.05, 4.69) is 25.5 Å². The molecule has 4 unspecified atom stereocenters. The van der Waals surface area contributed by atoms with Gasteiger partial charge in [0.1, 0.15) is 12.2 Å². The lowest BCUT2D eigenvalue weighted by atomic mass is 10.0. The number of aliphatic hydroxyl groups excluding tert-OH is 2. The zero-order chi connectivity index (χ0) is 22.6. The maximum atomic E-state index is 11.6. The van der Waals surface area contributed by atoms with Gasteiger partial charge in [-0.15, -0.1) is 0 Å². The summed E-state index contributed by atoms with van der Waals surface area (Å²) in [6.45, 7) is 6.08. The molecule has 1 saturated heterocycles. The van der Waals surface area contributed by atoms with Gasteiger partial charge in [-0.2, -0.15) is 0 Å². The number of hydrogen-bond acceptors (Lipinski definition) is 7. The van der Waals surface area contributed by atoms with E-state index in [1.54, 1.807) is 0 Å². The Morgan fingerprint density at radius 3 is 2.00 bits per heavy atom. The Labute approximate surface area is 182 Å². The van der Waals surface area contributed by atoms with Crippen LogP contribution in [0.1, 0.15) is 20.8 Å². The molecule has 3 rings (SSSR count). The molecular formula is C23H28O7Si. The summed E-state index contributed by atoms with van der Waals surface area (Å²) in [5.74, 6) is 0. The van der Waals surface area contributed by atoms with Gasteiger partial charge in [-0.25, -0.2) is 4.79 Å². The Hall–Kier alpha value is -2.52. The van der Waals surface area contributed by atoms with Gasteiger partial charge in [-0.1, -0.05) is 81.4 Å². The highest BCUT2D eigenvalue weighted by Gasteiger charge is 2.51. The third-order valence-corrected chi connectivity index (χ3v) is 10.5. The molecule has 2 aromatic carbocycles. The van der Waals surface area contributed by atoms with Crippen molar-refractivity contribution in [2.75, 3.05) is 6.61 Å². The molecule has 1 aliphatic rings. The van der Waals surface area contributed by atoms with Crippen LogP contribution in [-0.2, 0) is 18.7 Å². The normalized spacial score (nSPS) is 22.9. The summed E-state index contributed by atoms with van der Waals surface area (Å²) in [7, 11) is -2.92. The first-order valence-electron chi connectivity index (χ1n) is 10.1. The number of benzene rings is 2. The molecule has 1 fully saturated rings. The third kappa shape index (κ3) is 4.57. The molecule has 0 amide bonds. The Morgan fingerprint density at radius 1 is 1.03 bits per heavy atom. The summed E-state index contributed by atoms with van der Waals surface area (Å²) in [5, 5.41) is 22.8. The minimum absolute atomic E-state index is 0.201. The van der Waals surface area contributed by atoms with E-state index < -0.39 is 38.9 Å². The first-order chi connectivity index (χ1) is 14.7. The van der Waals surface area contributed by atoms with Crippen molar-refractivity contribution in [3.05, 3.63) is 60.7 Å². The van der Waals surface area contributed by atoms with Crippen molar-refractivity contribution in [2.45, 2.75) is 50.2 Å². The lowest BCUT2D eigenvalue weighted by Gasteiger charge is -2.44. The second-order valence-electron chi connectivity index (χ2n) is 8.58. The molecule has 1 aliphatic heterocycles.